The maximum absolute atomic E-state index is 14.7. The molecule has 1 saturated heterocycles. The zero-order chi connectivity index (χ0) is 43.7. The van der Waals surface area contributed by atoms with Crippen molar-refractivity contribution in [3.05, 3.63) is 72.8 Å². The number of hydrogen-bond donors (Lipinski definition) is 5. The van der Waals surface area contributed by atoms with Gasteiger partial charge in [-0.2, -0.15) is 15.0 Å². The molecular formula is C41H49F2N9O8S. The number of rotatable bonds is 15. The highest BCUT2D eigenvalue weighted by Crippen LogP contribution is 2.45. The van der Waals surface area contributed by atoms with Gasteiger partial charge in [-0.1, -0.05) is 26.8 Å². The Morgan fingerprint density at radius 3 is 1.97 bits per heavy atom. The van der Waals surface area contributed by atoms with Crippen molar-refractivity contribution in [2.24, 2.45) is 11.3 Å². The van der Waals surface area contributed by atoms with E-state index in [0.717, 1.165) is 12.8 Å². The summed E-state index contributed by atoms with van der Waals surface area (Å²) in [6.07, 6.45) is 3.44. The maximum Gasteiger partial charge on any atom is 0.408 e. The number of nitrogens with zero attached hydrogens (tertiary/aromatic N) is 4. The van der Waals surface area contributed by atoms with Gasteiger partial charge >= 0.3 is 12.1 Å². The standard InChI is InChI=1S/C41H49F2N9O8S/c1-5-23-21-41(23,35(55)51-61(57,58)30-18-19-30)50-33(53)31-20-29(22-52(31)34(54)32(40(2,3)4)46-39(56)60-28-8-6-7-9-28)59-38-48-36(44-26-14-10-24(42)11-15-26)47-37(49-38)45-27-16-12-25(43)13-17-27/h5,10-17,23,28-32H,1,6-9,18-22H2,2-4H3,(H,46,56)(H,50,53)(H,51,55)(H2,44,45,47,48,49)/t23-,29-,31+,32-,41-/m1/s1. The van der Waals surface area contributed by atoms with Gasteiger partial charge in [0.15, 0.2) is 0 Å². The molecule has 3 aromatic rings. The first-order chi connectivity index (χ1) is 28.9. The number of likely N-dealkylation sites (tertiary alicyclic amines) is 1. The first kappa shape index (κ1) is 43.2. The van der Waals surface area contributed by atoms with Gasteiger partial charge in [-0.05, 0) is 98.9 Å². The van der Waals surface area contributed by atoms with E-state index < -0.39 is 85.8 Å². The number of sulfonamides is 1. The molecule has 7 rings (SSSR count). The monoisotopic (exact) mass is 865 g/mol. The highest BCUT2D eigenvalue weighted by atomic mass is 32.2. The van der Waals surface area contributed by atoms with Crippen molar-refractivity contribution in [1.82, 2.24) is 35.2 Å². The second-order valence-corrected chi connectivity index (χ2v) is 18.9. The van der Waals surface area contributed by atoms with Crippen LogP contribution in [0.15, 0.2) is 61.2 Å². The van der Waals surface area contributed by atoms with Gasteiger partial charge in [-0.25, -0.2) is 22.0 Å². The van der Waals surface area contributed by atoms with Crippen LogP contribution in [0.3, 0.4) is 0 Å². The minimum Gasteiger partial charge on any atom is -0.458 e. The number of hydrogen-bond acceptors (Lipinski definition) is 13. The molecule has 4 aliphatic rings. The van der Waals surface area contributed by atoms with Crippen molar-refractivity contribution < 1.29 is 45.9 Å². The molecule has 0 bridgehead atoms. The SMILES string of the molecule is C=C[C@@H]1C[C@]1(NC(=O)[C@@H]1C[C@@H](Oc2nc(Nc3ccc(F)cc3)nc(Nc3ccc(F)cc3)n2)CN1C(=O)[C@@H](NC(=O)OC1CCCC1)C(C)(C)C)C(=O)NS(=O)(=O)C1CC1. The fraction of sp³-hybridized carbons (Fsp3) is 0.488. The highest BCUT2D eigenvalue weighted by Gasteiger charge is 2.62. The van der Waals surface area contributed by atoms with Crippen molar-refractivity contribution in [1.29, 1.82) is 0 Å². The third-order valence-electron chi connectivity index (χ3n) is 11.1. The molecule has 3 saturated carbocycles. The zero-order valence-corrected chi connectivity index (χ0v) is 34.8. The Hall–Kier alpha value is -5.92. The summed E-state index contributed by atoms with van der Waals surface area (Å²) in [7, 11) is -3.97. The summed E-state index contributed by atoms with van der Waals surface area (Å²) < 4.78 is 67.0. The van der Waals surface area contributed by atoms with E-state index in [1.54, 1.807) is 20.8 Å². The molecule has 5 atom stereocenters. The van der Waals surface area contributed by atoms with E-state index in [1.807, 2.05) is 0 Å². The number of amides is 4. The molecule has 326 valence electrons. The number of carbonyl (C=O) groups is 4. The molecule has 2 heterocycles. The van der Waals surface area contributed by atoms with E-state index in [-0.39, 0.29) is 43.4 Å². The maximum atomic E-state index is 14.7. The van der Waals surface area contributed by atoms with E-state index in [0.29, 0.717) is 37.1 Å². The fourth-order valence-electron chi connectivity index (χ4n) is 7.51. The Balaban J connectivity index is 1.17. The lowest BCUT2D eigenvalue weighted by molar-refractivity contribution is -0.143. The summed E-state index contributed by atoms with van der Waals surface area (Å²) in [5.41, 5.74) is -1.68. The molecule has 4 fully saturated rings. The number of nitrogens with one attached hydrogen (secondary N) is 5. The average molecular weight is 866 g/mol. The van der Waals surface area contributed by atoms with E-state index >= 15 is 0 Å². The van der Waals surface area contributed by atoms with Crippen LogP contribution in [0.2, 0.25) is 0 Å². The van der Waals surface area contributed by atoms with Crippen LogP contribution in [-0.4, -0.2) is 93.7 Å². The van der Waals surface area contributed by atoms with Crippen molar-refractivity contribution in [3.8, 4) is 6.01 Å². The summed E-state index contributed by atoms with van der Waals surface area (Å²) in [6.45, 7) is 8.80. The molecular weight excluding hydrogens is 817 g/mol. The number of alkyl carbamates (subject to hydrolysis) is 1. The molecule has 1 aromatic heterocycles. The largest absolute Gasteiger partial charge is 0.458 e. The van der Waals surface area contributed by atoms with Crippen LogP contribution in [0.5, 0.6) is 6.01 Å². The van der Waals surface area contributed by atoms with Crippen molar-refractivity contribution in [3.63, 3.8) is 0 Å². The summed E-state index contributed by atoms with van der Waals surface area (Å²) in [6, 6.07) is 8.08. The molecule has 0 spiro atoms. The topological polar surface area (TPSA) is 223 Å². The van der Waals surface area contributed by atoms with E-state index in [2.05, 4.69) is 47.5 Å². The molecule has 20 heteroatoms. The molecule has 2 aromatic carbocycles. The summed E-state index contributed by atoms with van der Waals surface area (Å²) in [5, 5.41) is 10.7. The average Bonchev–Trinajstić information content (AvgIpc) is 4.08. The third kappa shape index (κ3) is 10.3. The fourth-order valence-corrected chi connectivity index (χ4v) is 8.88. The molecule has 3 aliphatic carbocycles. The van der Waals surface area contributed by atoms with E-state index in [9.17, 15) is 36.4 Å². The Bertz CT molecular complexity index is 2200. The summed E-state index contributed by atoms with van der Waals surface area (Å²) in [5.74, 6) is -3.89. The Morgan fingerprint density at radius 1 is 0.885 bits per heavy atom. The van der Waals surface area contributed by atoms with Crippen LogP contribution in [0, 0.1) is 23.0 Å². The Kier molecular flexibility index (Phi) is 12.2. The van der Waals surface area contributed by atoms with Gasteiger partial charge in [0.1, 0.15) is 41.5 Å². The molecule has 4 amide bonds. The van der Waals surface area contributed by atoms with Gasteiger partial charge in [0.25, 0.3) is 5.91 Å². The number of halogens is 2. The van der Waals surface area contributed by atoms with Crippen LogP contribution in [0.4, 0.5) is 36.8 Å². The van der Waals surface area contributed by atoms with Gasteiger partial charge in [-0.3, -0.25) is 19.1 Å². The minimum atomic E-state index is -3.97. The zero-order valence-electron chi connectivity index (χ0n) is 34.0. The lowest BCUT2D eigenvalue weighted by Gasteiger charge is -2.35. The minimum absolute atomic E-state index is 0.0301. The van der Waals surface area contributed by atoms with Crippen LogP contribution in [0.1, 0.15) is 72.1 Å². The van der Waals surface area contributed by atoms with E-state index in [4.69, 9.17) is 9.47 Å². The van der Waals surface area contributed by atoms with Gasteiger partial charge in [0, 0.05) is 23.7 Å². The number of ether oxygens (including phenoxy) is 2. The molecule has 0 unspecified atom stereocenters. The second kappa shape index (κ2) is 17.2. The molecule has 5 N–H and O–H groups in total. The van der Waals surface area contributed by atoms with Crippen molar-refractivity contribution in [2.75, 3.05) is 17.2 Å². The predicted molar refractivity (Wildman–Crippen MR) is 218 cm³/mol. The van der Waals surface area contributed by atoms with Crippen molar-refractivity contribution >= 4 is 57.1 Å². The number of benzene rings is 2. The Labute approximate surface area is 351 Å². The summed E-state index contributed by atoms with van der Waals surface area (Å²) >= 11 is 0. The number of aromatic nitrogens is 3. The predicted octanol–water partition coefficient (Wildman–Crippen LogP) is 4.74. The van der Waals surface area contributed by atoms with Crippen molar-refractivity contribution in [2.45, 2.75) is 107 Å². The van der Waals surface area contributed by atoms with Crippen LogP contribution in [-0.2, 0) is 29.1 Å². The smallest absolute Gasteiger partial charge is 0.408 e. The second-order valence-electron chi connectivity index (χ2n) is 16.9. The Morgan fingerprint density at radius 2 is 1.46 bits per heavy atom. The first-order valence-electron chi connectivity index (χ1n) is 20.2. The van der Waals surface area contributed by atoms with E-state index in [1.165, 1.54) is 59.5 Å². The lowest BCUT2D eigenvalue weighted by atomic mass is 9.85. The van der Waals surface area contributed by atoms with Gasteiger partial charge in [-0.15, -0.1) is 6.58 Å². The number of carbonyl (C=O) groups excluding carboxylic acids is 4. The normalized spacial score (nSPS) is 23.0. The third-order valence-corrected chi connectivity index (χ3v) is 13.0. The molecule has 17 nitrogen and oxygen atoms in total. The highest BCUT2D eigenvalue weighted by molar-refractivity contribution is 7.91. The van der Waals surface area contributed by atoms with Gasteiger partial charge in [0.05, 0.1) is 11.8 Å². The number of anilines is 4. The molecule has 1 aliphatic heterocycles. The van der Waals surface area contributed by atoms with Gasteiger partial charge < -0.3 is 35.6 Å². The van der Waals surface area contributed by atoms with Crippen LogP contribution in [0.25, 0.3) is 0 Å². The quantitative estimate of drug-likeness (QED) is 0.131. The summed E-state index contributed by atoms with van der Waals surface area (Å²) in [4.78, 5) is 70.3. The lowest BCUT2D eigenvalue weighted by Crippen LogP contribution is -2.60. The van der Waals surface area contributed by atoms with Crippen LogP contribution < -0.4 is 30.7 Å². The van der Waals surface area contributed by atoms with Crippen LogP contribution >= 0.6 is 0 Å². The molecule has 0 radical (unpaired) electrons. The first-order valence-corrected chi connectivity index (χ1v) is 21.7. The van der Waals surface area contributed by atoms with Gasteiger partial charge in [0.2, 0.25) is 33.7 Å². The molecule has 61 heavy (non-hydrogen) atoms.